The first kappa shape index (κ1) is 13.5. The summed E-state index contributed by atoms with van der Waals surface area (Å²) in [6.07, 6.45) is -1.17. The Morgan fingerprint density at radius 2 is 2.26 bits per heavy atom. The SMILES string of the molecule is CCn1c(CNCC(O)C(N)=O)nc2ccccc21. The highest BCUT2D eigenvalue weighted by molar-refractivity contribution is 5.78. The molecular weight excluding hydrogens is 244 g/mol. The Bertz CT molecular complexity index is 579. The first-order chi connectivity index (χ1) is 9.13. The van der Waals surface area contributed by atoms with E-state index in [-0.39, 0.29) is 6.54 Å². The number of fused-ring (bicyclic) bond motifs is 1. The molecule has 1 aromatic carbocycles. The second-order valence-electron chi connectivity index (χ2n) is 4.31. The second-order valence-corrected chi connectivity index (χ2v) is 4.31. The molecule has 102 valence electrons. The third-order valence-electron chi connectivity index (χ3n) is 3.00. The number of nitrogens with one attached hydrogen (secondary N) is 1. The minimum atomic E-state index is -1.17. The summed E-state index contributed by atoms with van der Waals surface area (Å²) < 4.78 is 2.10. The van der Waals surface area contributed by atoms with Crippen LogP contribution in [-0.2, 0) is 17.9 Å². The lowest BCUT2D eigenvalue weighted by molar-refractivity contribution is -0.125. The van der Waals surface area contributed by atoms with E-state index < -0.39 is 12.0 Å². The van der Waals surface area contributed by atoms with Gasteiger partial charge in [0.15, 0.2) is 0 Å². The fourth-order valence-electron chi connectivity index (χ4n) is 2.03. The summed E-state index contributed by atoms with van der Waals surface area (Å²) in [5.41, 5.74) is 7.01. The molecule has 0 radical (unpaired) electrons. The van der Waals surface area contributed by atoms with Gasteiger partial charge < -0.3 is 20.7 Å². The van der Waals surface area contributed by atoms with Gasteiger partial charge in [0.05, 0.1) is 17.6 Å². The van der Waals surface area contributed by atoms with Gasteiger partial charge in [-0.3, -0.25) is 4.79 Å². The fraction of sp³-hybridized carbons (Fsp3) is 0.385. The lowest BCUT2D eigenvalue weighted by Crippen LogP contribution is -2.37. The number of benzene rings is 1. The average molecular weight is 262 g/mol. The number of carbonyl (C=O) groups excluding carboxylic acids is 1. The lowest BCUT2D eigenvalue weighted by Gasteiger charge is -2.09. The number of aryl methyl sites for hydroxylation is 1. The molecule has 1 unspecified atom stereocenters. The molecule has 0 aliphatic carbocycles. The Morgan fingerprint density at radius 1 is 1.53 bits per heavy atom. The second kappa shape index (κ2) is 5.81. The fourth-order valence-corrected chi connectivity index (χ4v) is 2.03. The highest BCUT2D eigenvalue weighted by Gasteiger charge is 2.12. The van der Waals surface area contributed by atoms with E-state index in [1.165, 1.54) is 0 Å². The van der Waals surface area contributed by atoms with Crippen molar-refractivity contribution in [2.45, 2.75) is 26.1 Å². The van der Waals surface area contributed by atoms with Crippen LogP contribution in [0.25, 0.3) is 11.0 Å². The van der Waals surface area contributed by atoms with Crippen LogP contribution in [0.5, 0.6) is 0 Å². The molecule has 0 aliphatic heterocycles. The molecule has 0 fully saturated rings. The molecule has 0 spiro atoms. The van der Waals surface area contributed by atoms with Gasteiger partial charge in [0, 0.05) is 13.1 Å². The van der Waals surface area contributed by atoms with Gasteiger partial charge in [0.2, 0.25) is 5.91 Å². The van der Waals surface area contributed by atoms with Gasteiger partial charge in [0.1, 0.15) is 11.9 Å². The first-order valence-electron chi connectivity index (χ1n) is 6.25. The average Bonchev–Trinajstić information content (AvgIpc) is 2.75. The van der Waals surface area contributed by atoms with Gasteiger partial charge in [0.25, 0.3) is 0 Å². The maximum Gasteiger partial charge on any atom is 0.247 e. The first-order valence-corrected chi connectivity index (χ1v) is 6.25. The zero-order valence-corrected chi connectivity index (χ0v) is 10.8. The number of nitrogens with zero attached hydrogens (tertiary/aromatic N) is 2. The van der Waals surface area contributed by atoms with Gasteiger partial charge >= 0.3 is 0 Å². The third-order valence-corrected chi connectivity index (χ3v) is 3.00. The lowest BCUT2D eigenvalue weighted by atomic mass is 10.3. The predicted molar refractivity (Wildman–Crippen MR) is 72.3 cm³/mol. The Morgan fingerprint density at radius 3 is 2.95 bits per heavy atom. The van der Waals surface area contributed by atoms with E-state index in [0.29, 0.717) is 6.54 Å². The molecule has 6 nitrogen and oxygen atoms in total. The van der Waals surface area contributed by atoms with Crippen molar-refractivity contribution in [1.82, 2.24) is 14.9 Å². The molecule has 1 aromatic heterocycles. The van der Waals surface area contributed by atoms with Crippen LogP contribution in [0.3, 0.4) is 0 Å². The number of hydrogen-bond donors (Lipinski definition) is 3. The Kier molecular flexibility index (Phi) is 4.13. The van der Waals surface area contributed by atoms with E-state index in [1.807, 2.05) is 24.3 Å². The molecule has 0 saturated carbocycles. The monoisotopic (exact) mass is 262 g/mol. The number of para-hydroxylation sites is 2. The van der Waals surface area contributed by atoms with Gasteiger partial charge in [-0.05, 0) is 19.1 Å². The third kappa shape index (κ3) is 2.91. The number of amides is 1. The Balaban J connectivity index is 2.10. The highest BCUT2D eigenvalue weighted by atomic mass is 16.3. The quantitative estimate of drug-likeness (QED) is 0.682. The summed E-state index contributed by atoms with van der Waals surface area (Å²) in [4.78, 5) is 15.2. The number of hydrogen-bond acceptors (Lipinski definition) is 4. The molecule has 1 heterocycles. The topological polar surface area (TPSA) is 93.2 Å². The molecular formula is C13H18N4O2. The summed E-state index contributed by atoms with van der Waals surface area (Å²) in [7, 11) is 0. The van der Waals surface area contributed by atoms with Crippen molar-refractivity contribution in [2.75, 3.05) is 6.54 Å². The minimum absolute atomic E-state index is 0.127. The van der Waals surface area contributed by atoms with Crippen molar-refractivity contribution in [1.29, 1.82) is 0 Å². The van der Waals surface area contributed by atoms with Crippen molar-refractivity contribution in [3.05, 3.63) is 30.1 Å². The van der Waals surface area contributed by atoms with Crippen LogP contribution in [0.1, 0.15) is 12.7 Å². The standard InChI is InChI=1S/C13H18N4O2/c1-2-17-10-6-4-3-5-9(10)16-12(17)8-15-7-11(18)13(14)19/h3-6,11,15,18H,2,7-8H2,1H3,(H2,14,19). The van der Waals surface area contributed by atoms with Crippen molar-refractivity contribution >= 4 is 16.9 Å². The van der Waals surface area contributed by atoms with Gasteiger partial charge in [-0.2, -0.15) is 0 Å². The van der Waals surface area contributed by atoms with Crippen LogP contribution in [-0.4, -0.2) is 33.2 Å². The van der Waals surface area contributed by atoms with Gasteiger partial charge in [-0.15, -0.1) is 0 Å². The zero-order chi connectivity index (χ0) is 13.8. The largest absolute Gasteiger partial charge is 0.382 e. The van der Waals surface area contributed by atoms with Gasteiger partial charge in [-0.1, -0.05) is 12.1 Å². The maximum atomic E-state index is 10.7. The number of aromatic nitrogens is 2. The van der Waals surface area contributed by atoms with Crippen molar-refractivity contribution < 1.29 is 9.90 Å². The maximum absolute atomic E-state index is 10.7. The summed E-state index contributed by atoms with van der Waals surface area (Å²) in [6, 6.07) is 7.91. The molecule has 1 atom stereocenters. The smallest absolute Gasteiger partial charge is 0.247 e. The van der Waals surface area contributed by atoms with Crippen LogP contribution < -0.4 is 11.1 Å². The minimum Gasteiger partial charge on any atom is -0.382 e. The highest BCUT2D eigenvalue weighted by Crippen LogP contribution is 2.15. The molecule has 2 aromatic rings. The van der Waals surface area contributed by atoms with Crippen LogP contribution in [0.15, 0.2) is 24.3 Å². The number of nitrogens with two attached hydrogens (primary N) is 1. The molecule has 6 heteroatoms. The summed E-state index contributed by atoms with van der Waals surface area (Å²) in [5.74, 6) is 0.150. The molecule has 0 aliphatic rings. The number of aliphatic hydroxyl groups excluding tert-OH is 1. The van der Waals surface area contributed by atoms with E-state index >= 15 is 0 Å². The summed E-state index contributed by atoms with van der Waals surface area (Å²) in [6.45, 7) is 3.47. The molecule has 4 N–H and O–H groups in total. The van der Waals surface area contributed by atoms with Crippen molar-refractivity contribution in [3.8, 4) is 0 Å². The summed E-state index contributed by atoms with van der Waals surface area (Å²) in [5, 5.41) is 12.3. The molecule has 0 bridgehead atoms. The van der Waals surface area contributed by atoms with Crippen LogP contribution in [0, 0.1) is 0 Å². The van der Waals surface area contributed by atoms with E-state index in [2.05, 4.69) is 21.8 Å². The van der Waals surface area contributed by atoms with Crippen molar-refractivity contribution in [2.24, 2.45) is 5.73 Å². The zero-order valence-electron chi connectivity index (χ0n) is 10.8. The molecule has 2 rings (SSSR count). The van der Waals surface area contributed by atoms with Crippen LogP contribution in [0.2, 0.25) is 0 Å². The normalized spacial score (nSPS) is 12.7. The van der Waals surface area contributed by atoms with E-state index in [1.54, 1.807) is 0 Å². The number of carbonyl (C=O) groups is 1. The van der Waals surface area contributed by atoms with Crippen LogP contribution in [0.4, 0.5) is 0 Å². The predicted octanol–water partition coefficient (Wildman–Crippen LogP) is -0.00800. The molecule has 0 saturated heterocycles. The van der Waals surface area contributed by atoms with E-state index in [4.69, 9.17) is 5.73 Å². The van der Waals surface area contributed by atoms with Crippen LogP contribution >= 0.6 is 0 Å². The van der Waals surface area contributed by atoms with Crippen molar-refractivity contribution in [3.63, 3.8) is 0 Å². The Hall–Kier alpha value is -1.92. The number of imidazole rings is 1. The number of aliphatic hydroxyl groups is 1. The van der Waals surface area contributed by atoms with E-state index in [0.717, 1.165) is 23.4 Å². The molecule has 1 amide bonds. The van der Waals surface area contributed by atoms with E-state index in [9.17, 15) is 9.90 Å². The van der Waals surface area contributed by atoms with Gasteiger partial charge in [-0.25, -0.2) is 4.98 Å². The summed E-state index contributed by atoms with van der Waals surface area (Å²) >= 11 is 0. The molecule has 19 heavy (non-hydrogen) atoms. The Labute approximate surface area is 111 Å². The number of rotatable bonds is 6. The number of primary amides is 1.